The predicted octanol–water partition coefficient (Wildman–Crippen LogP) is 4.10. The average Bonchev–Trinajstić information content (AvgIpc) is 2.90. The summed E-state index contributed by atoms with van der Waals surface area (Å²) in [6.07, 6.45) is 5.08. The van der Waals surface area contributed by atoms with E-state index < -0.39 is 0 Å². The van der Waals surface area contributed by atoms with E-state index in [0.717, 1.165) is 18.7 Å². The number of halogens is 1. The van der Waals surface area contributed by atoms with Gasteiger partial charge in [-0.05, 0) is 42.5 Å². The molecule has 0 atom stereocenters. The summed E-state index contributed by atoms with van der Waals surface area (Å²) in [5.74, 6) is 0.287. The van der Waals surface area contributed by atoms with E-state index in [1.807, 2.05) is 12.1 Å². The molecule has 3 heteroatoms. The monoisotopic (exact) mass is 274 g/mol. The van der Waals surface area contributed by atoms with Gasteiger partial charge in [-0.15, -0.1) is 0 Å². The molecular weight excluding hydrogens is 251 g/mol. The molecule has 1 aromatic carbocycles. The van der Waals surface area contributed by atoms with Gasteiger partial charge in [0.2, 0.25) is 0 Å². The van der Waals surface area contributed by atoms with E-state index in [2.05, 4.69) is 18.7 Å². The molecular formula is C17H23FN2. The lowest BCUT2D eigenvalue weighted by atomic mass is 10.1. The van der Waals surface area contributed by atoms with Crippen LogP contribution in [0.4, 0.5) is 4.39 Å². The molecule has 0 aromatic heterocycles. The van der Waals surface area contributed by atoms with Crippen LogP contribution in [-0.4, -0.2) is 17.5 Å². The minimum absolute atomic E-state index is 0.310. The third-order valence-electron chi connectivity index (χ3n) is 3.91. The van der Waals surface area contributed by atoms with Gasteiger partial charge in [0, 0.05) is 19.1 Å². The second-order valence-electron chi connectivity index (χ2n) is 6.22. The van der Waals surface area contributed by atoms with Crippen molar-refractivity contribution in [2.45, 2.75) is 52.1 Å². The van der Waals surface area contributed by atoms with E-state index in [0.29, 0.717) is 17.5 Å². The Hall–Kier alpha value is -1.40. The summed E-state index contributed by atoms with van der Waals surface area (Å²) in [5.41, 5.74) is 1.32. The fourth-order valence-corrected chi connectivity index (χ4v) is 3.12. The Kier molecular flexibility index (Phi) is 5.14. The van der Waals surface area contributed by atoms with Gasteiger partial charge in [0.15, 0.2) is 0 Å². The zero-order valence-corrected chi connectivity index (χ0v) is 12.4. The zero-order chi connectivity index (χ0) is 14.5. The molecule has 0 heterocycles. The van der Waals surface area contributed by atoms with Gasteiger partial charge in [-0.25, -0.2) is 4.39 Å². The molecule has 20 heavy (non-hydrogen) atoms. The number of benzene rings is 1. The molecule has 0 spiro atoms. The summed E-state index contributed by atoms with van der Waals surface area (Å²) in [7, 11) is 0. The SMILES string of the molecule is CC(C)CN(Cc1cc(F)cc(C#N)c1)C1CCCC1. The molecule has 1 aromatic rings. The topological polar surface area (TPSA) is 27.0 Å². The van der Waals surface area contributed by atoms with E-state index in [9.17, 15) is 4.39 Å². The van der Waals surface area contributed by atoms with Crippen molar-refractivity contribution in [1.29, 1.82) is 5.26 Å². The van der Waals surface area contributed by atoms with Gasteiger partial charge in [-0.3, -0.25) is 4.90 Å². The maximum Gasteiger partial charge on any atom is 0.124 e. The second kappa shape index (κ2) is 6.85. The Morgan fingerprint density at radius 3 is 2.60 bits per heavy atom. The standard InChI is InChI=1S/C17H23FN2/c1-13(2)11-20(17-5-3-4-6-17)12-15-7-14(10-19)8-16(18)9-15/h7-9,13,17H,3-6,11-12H2,1-2H3. The van der Waals surface area contributed by atoms with Crippen LogP contribution in [-0.2, 0) is 6.54 Å². The summed E-state index contributed by atoms with van der Waals surface area (Å²) in [5, 5.41) is 8.95. The van der Waals surface area contributed by atoms with Gasteiger partial charge in [-0.2, -0.15) is 5.26 Å². The second-order valence-corrected chi connectivity index (χ2v) is 6.22. The normalized spacial score (nSPS) is 16.0. The number of hydrogen-bond donors (Lipinski definition) is 0. The largest absolute Gasteiger partial charge is 0.296 e. The van der Waals surface area contributed by atoms with Gasteiger partial charge in [0.05, 0.1) is 11.6 Å². The Bertz CT molecular complexity index is 484. The van der Waals surface area contributed by atoms with Crippen molar-refractivity contribution in [3.63, 3.8) is 0 Å². The van der Waals surface area contributed by atoms with Crippen molar-refractivity contribution < 1.29 is 4.39 Å². The van der Waals surface area contributed by atoms with Crippen molar-refractivity contribution in [2.24, 2.45) is 5.92 Å². The van der Waals surface area contributed by atoms with Gasteiger partial charge in [-0.1, -0.05) is 26.7 Å². The van der Waals surface area contributed by atoms with Crippen molar-refractivity contribution in [1.82, 2.24) is 4.90 Å². The molecule has 1 fully saturated rings. The van der Waals surface area contributed by atoms with Gasteiger partial charge in [0.1, 0.15) is 5.82 Å². The Balaban J connectivity index is 2.14. The van der Waals surface area contributed by atoms with E-state index in [1.165, 1.54) is 31.7 Å². The van der Waals surface area contributed by atoms with Crippen molar-refractivity contribution in [2.75, 3.05) is 6.54 Å². The summed E-state index contributed by atoms with van der Waals surface area (Å²) in [4.78, 5) is 2.47. The first kappa shape index (κ1) is 15.0. The minimum atomic E-state index is -0.310. The number of nitrogens with zero attached hydrogens (tertiary/aromatic N) is 2. The molecule has 0 saturated heterocycles. The number of rotatable bonds is 5. The predicted molar refractivity (Wildman–Crippen MR) is 78.6 cm³/mol. The highest BCUT2D eigenvalue weighted by Crippen LogP contribution is 2.26. The van der Waals surface area contributed by atoms with E-state index in [-0.39, 0.29) is 5.82 Å². The van der Waals surface area contributed by atoms with Crippen LogP contribution in [0.3, 0.4) is 0 Å². The van der Waals surface area contributed by atoms with E-state index in [4.69, 9.17) is 5.26 Å². The van der Waals surface area contributed by atoms with Crippen molar-refractivity contribution in [3.05, 3.63) is 35.1 Å². The van der Waals surface area contributed by atoms with Crippen LogP contribution in [0.15, 0.2) is 18.2 Å². The maximum absolute atomic E-state index is 13.5. The third-order valence-corrected chi connectivity index (χ3v) is 3.91. The maximum atomic E-state index is 13.5. The van der Waals surface area contributed by atoms with Crippen LogP contribution < -0.4 is 0 Å². The Labute approximate surface area is 121 Å². The summed E-state index contributed by atoms with van der Waals surface area (Å²) >= 11 is 0. The van der Waals surface area contributed by atoms with Gasteiger partial charge < -0.3 is 0 Å². The summed E-state index contributed by atoms with van der Waals surface area (Å²) in [6.45, 7) is 6.21. The molecule has 108 valence electrons. The fourth-order valence-electron chi connectivity index (χ4n) is 3.12. The molecule has 2 rings (SSSR count). The third kappa shape index (κ3) is 4.05. The van der Waals surface area contributed by atoms with Crippen LogP contribution in [0, 0.1) is 23.1 Å². The Morgan fingerprint density at radius 2 is 2.00 bits per heavy atom. The molecule has 0 bridgehead atoms. The Morgan fingerprint density at radius 1 is 1.30 bits per heavy atom. The first-order valence-corrected chi connectivity index (χ1v) is 7.52. The average molecular weight is 274 g/mol. The molecule has 0 N–H and O–H groups in total. The highest BCUT2D eigenvalue weighted by Gasteiger charge is 2.23. The van der Waals surface area contributed by atoms with E-state index >= 15 is 0 Å². The van der Waals surface area contributed by atoms with Crippen LogP contribution in [0.5, 0.6) is 0 Å². The first-order valence-electron chi connectivity index (χ1n) is 7.52. The lowest BCUT2D eigenvalue weighted by molar-refractivity contribution is 0.168. The van der Waals surface area contributed by atoms with Crippen molar-refractivity contribution >= 4 is 0 Å². The molecule has 0 amide bonds. The smallest absolute Gasteiger partial charge is 0.124 e. The molecule has 0 radical (unpaired) electrons. The highest BCUT2D eigenvalue weighted by molar-refractivity contribution is 5.33. The summed E-state index contributed by atoms with van der Waals surface area (Å²) < 4.78 is 13.5. The lowest BCUT2D eigenvalue weighted by Crippen LogP contribution is -2.35. The molecule has 2 nitrogen and oxygen atoms in total. The zero-order valence-electron chi connectivity index (χ0n) is 12.4. The number of hydrogen-bond acceptors (Lipinski definition) is 2. The van der Waals surface area contributed by atoms with Crippen LogP contribution in [0.25, 0.3) is 0 Å². The van der Waals surface area contributed by atoms with Crippen molar-refractivity contribution in [3.8, 4) is 6.07 Å². The minimum Gasteiger partial charge on any atom is -0.296 e. The van der Waals surface area contributed by atoms with Gasteiger partial charge >= 0.3 is 0 Å². The molecule has 0 unspecified atom stereocenters. The van der Waals surface area contributed by atoms with Gasteiger partial charge in [0.25, 0.3) is 0 Å². The molecule has 0 aliphatic heterocycles. The van der Waals surface area contributed by atoms with E-state index in [1.54, 1.807) is 6.07 Å². The first-order chi connectivity index (χ1) is 9.58. The lowest BCUT2D eigenvalue weighted by Gasteiger charge is -2.30. The molecule has 1 saturated carbocycles. The fraction of sp³-hybridized carbons (Fsp3) is 0.588. The molecule has 1 aliphatic carbocycles. The molecule has 1 aliphatic rings. The summed E-state index contributed by atoms with van der Waals surface area (Å²) in [6, 6.07) is 7.32. The number of nitriles is 1. The van der Waals surface area contributed by atoms with Crippen LogP contribution in [0.2, 0.25) is 0 Å². The van der Waals surface area contributed by atoms with Crippen LogP contribution in [0.1, 0.15) is 50.7 Å². The quantitative estimate of drug-likeness (QED) is 0.808. The van der Waals surface area contributed by atoms with Crippen LogP contribution >= 0.6 is 0 Å². The highest BCUT2D eigenvalue weighted by atomic mass is 19.1.